The number of rotatable bonds is 7. The van der Waals surface area contributed by atoms with Crippen molar-refractivity contribution in [3.05, 3.63) is 23.8 Å². The van der Waals surface area contributed by atoms with Gasteiger partial charge in [-0.1, -0.05) is 0 Å². The number of hydrogen-bond donors (Lipinski definition) is 0. The molecule has 1 aromatic rings. The molecule has 0 amide bonds. The fourth-order valence-electron chi connectivity index (χ4n) is 0.962. The van der Waals surface area contributed by atoms with Crippen molar-refractivity contribution in [2.75, 3.05) is 26.9 Å². The molecule has 0 saturated heterocycles. The second kappa shape index (κ2) is 7.03. The Morgan fingerprint density at radius 2 is 2.00 bits per heavy atom. The lowest BCUT2D eigenvalue weighted by Gasteiger charge is -2.02. The van der Waals surface area contributed by atoms with Gasteiger partial charge in [0.15, 0.2) is 6.29 Å². The summed E-state index contributed by atoms with van der Waals surface area (Å²) in [6.45, 7) is 1.72. The molecule has 0 aliphatic rings. The summed E-state index contributed by atoms with van der Waals surface area (Å²) in [4.78, 5) is 18.4. The van der Waals surface area contributed by atoms with E-state index in [-0.39, 0.29) is 0 Å². The predicted octanol–water partition coefficient (Wildman–Crippen LogP) is 0.495. The second-order valence-corrected chi connectivity index (χ2v) is 2.91. The maximum absolute atomic E-state index is 10.3. The van der Waals surface area contributed by atoms with E-state index in [1.54, 1.807) is 7.11 Å². The first-order chi connectivity index (χ1) is 7.36. The standard InChI is InChI=1S/C10H14N2O3/c1-14-4-5-15-3-2-10-11-6-9(8-13)7-12-10/h6-8H,2-5H2,1H3. The number of hydrogen-bond acceptors (Lipinski definition) is 5. The summed E-state index contributed by atoms with van der Waals surface area (Å²) in [5.74, 6) is 0.679. The monoisotopic (exact) mass is 210 g/mol. The van der Waals surface area contributed by atoms with Crippen LogP contribution in [0.4, 0.5) is 0 Å². The first-order valence-electron chi connectivity index (χ1n) is 4.69. The number of nitrogens with zero attached hydrogens (tertiary/aromatic N) is 2. The van der Waals surface area contributed by atoms with Gasteiger partial charge in [-0.2, -0.15) is 0 Å². The molecule has 82 valence electrons. The van der Waals surface area contributed by atoms with Gasteiger partial charge >= 0.3 is 0 Å². The van der Waals surface area contributed by atoms with E-state index in [9.17, 15) is 4.79 Å². The Bertz CT molecular complexity index is 287. The molecule has 0 aliphatic carbocycles. The van der Waals surface area contributed by atoms with E-state index >= 15 is 0 Å². The maximum Gasteiger partial charge on any atom is 0.153 e. The lowest BCUT2D eigenvalue weighted by molar-refractivity contribution is 0.0716. The van der Waals surface area contributed by atoms with Gasteiger partial charge in [0.05, 0.1) is 25.4 Å². The van der Waals surface area contributed by atoms with Crippen molar-refractivity contribution in [2.45, 2.75) is 6.42 Å². The molecule has 0 saturated carbocycles. The highest BCUT2D eigenvalue weighted by Crippen LogP contribution is 1.94. The summed E-state index contributed by atoms with van der Waals surface area (Å²) in [6, 6.07) is 0. The molecule has 0 spiro atoms. The lowest BCUT2D eigenvalue weighted by atomic mass is 10.3. The van der Waals surface area contributed by atoms with Gasteiger partial charge in [0.2, 0.25) is 0 Å². The number of methoxy groups -OCH3 is 1. The number of aldehydes is 1. The van der Waals surface area contributed by atoms with E-state index in [0.717, 1.165) is 6.29 Å². The normalized spacial score (nSPS) is 10.2. The molecule has 1 heterocycles. The topological polar surface area (TPSA) is 61.3 Å². The van der Waals surface area contributed by atoms with E-state index in [1.165, 1.54) is 12.4 Å². The molecule has 1 rings (SSSR count). The van der Waals surface area contributed by atoms with Crippen LogP contribution in [0.25, 0.3) is 0 Å². The smallest absolute Gasteiger partial charge is 0.153 e. The number of carbonyl (C=O) groups excluding carboxylic acids is 1. The van der Waals surface area contributed by atoms with Crippen molar-refractivity contribution in [1.82, 2.24) is 9.97 Å². The molecular weight excluding hydrogens is 196 g/mol. The zero-order valence-electron chi connectivity index (χ0n) is 8.68. The third-order valence-electron chi connectivity index (χ3n) is 1.76. The molecule has 5 heteroatoms. The van der Waals surface area contributed by atoms with Crippen LogP contribution in [0.2, 0.25) is 0 Å². The number of carbonyl (C=O) groups is 1. The third kappa shape index (κ3) is 4.62. The van der Waals surface area contributed by atoms with Crippen LogP contribution in [0.3, 0.4) is 0 Å². The summed E-state index contributed by atoms with van der Waals surface area (Å²) in [6.07, 6.45) is 4.37. The van der Waals surface area contributed by atoms with Crippen LogP contribution in [-0.4, -0.2) is 43.2 Å². The molecule has 0 fully saturated rings. The van der Waals surface area contributed by atoms with Crippen LogP contribution in [0.15, 0.2) is 12.4 Å². The number of aromatic nitrogens is 2. The Morgan fingerprint density at radius 3 is 2.60 bits per heavy atom. The van der Waals surface area contributed by atoms with Crippen LogP contribution in [0.5, 0.6) is 0 Å². The molecular formula is C10H14N2O3. The Balaban J connectivity index is 2.22. The summed E-state index contributed by atoms with van der Waals surface area (Å²) >= 11 is 0. The van der Waals surface area contributed by atoms with E-state index in [4.69, 9.17) is 9.47 Å². The van der Waals surface area contributed by atoms with Gasteiger partial charge < -0.3 is 9.47 Å². The lowest BCUT2D eigenvalue weighted by Crippen LogP contribution is -2.07. The Labute approximate surface area is 88.4 Å². The molecule has 1 aromatic heterocycles. The quantitative estimate of drug-likeness (QED) is 0.484. The largest absolute Gasteiger partial charge is 0.382 e. The molecule has 5 nitrogen and oxygen atoms in total. The summed E-state index contributed by atoms with van der Waals surface area (Å²) in [5.41, 5.74) is 0.485. The molecule has 0 atom stereocenters. The predicted molar refractivity (Wildman–Crippen MR) is 53.8 cm³/mol. The van der Waals surface area contributed by atoms with Crippen LogP contribution in [0.1, 0.15) is 16.2 Å². The van der Waals surface area contributed by atoms with Gasteiger partial charge in [-0.15, -0.1) is 0 Å². The van der Waals surface area contributed by atoms with Crippen molar-refractivity contribution < 1.29 is 14.3 Å². The molecule has 0 bridgehead atoms. The van der Waals surface area contributed by atoms with Gasteiger partial charge in [0, 0.05) is 25.9 Å². The molecule has 0 N–H and O–H groups in total. The van der Waals surface area contributed by atoms with Gasteiger partial charge in [0.25, 0.3) is 0 Å². The van der Waals surface area contributed by atoms with E-state index in [0.29, 0.717) is 37.6 Å². The van der Waals surface area contributed by atoms with Gasteiger partial charge in [-0.25, -0.2) is 9.97 Å². The molecule has 0 radical (unpaired) electrons. The highest BCUT2D eigenvalue weighted by molar-refractivity contribution is 5.73. The Morgan fingerprint density at radius 1 is 1.27 bits per heavy atom. The first-order valence-corrected chi connectivity index (χ1v) is 4.69. The van der Waals surface area contributed by atoms with Crippen LogP contribution in [-0.2, 0) is 15.9 Å². The van der Waals surface area contributed by atoms with Crippen LogP contribution < -0.4 is 0 Å². The maximum atomic E-state index is 10.3. The fraction of sp³-hybridized carbons (Fsp3) is 0.500. The summed E-state index contributed by atoms with van der Waals surface area (Å²) in [5, 5.41) is 0. The van der Waals surface area contributed by atoms with Crippen molar-refractivity contribution in [2.24, 2.45) is 0 Å². The van der Waals surface area contributed by atoms with E-state index in [1.807, 2.05) is 0 Å². The average Bonchev–Trinajstić information content (AvgIpc) is 2.30. The van der Waals surface area contributed by atoms with E-state index in [2.05, 4.69) is 9.97 Å². The van der Waals surface area contributed by atoms with Gasteiger partial charge in [-0.05, 0) is 0 Å². The molecule has 0 unspecified atom stereocenters. The fourth-order valence-corrected chi connectivity index (χ4v) is 0.962. The molecule has 0 aromatic carbocycles. The highest BCUT2D eigenvalue weighted by atomic mass is 16.5. The summed E-state index contributed by atoms with van der Waals surface area (Å²) in [7, 11) is 1.63. The molecule has 15 heavy (non-hydrogen) atoms. The minimum atomic E-state index is 0.485. The second-order valence-electron chi connectivity index (χ2n) is 2.91. The summed E-state index contributed by atoms with van der Waals surface area (Å²) < 4.78 is 10.1. The Kier molecular flexibility index (Phi) is 5.50. The first kappa shape index (κ1) is 11.7. The zero-order valence-corrected chi connectivity index (χ0v) is 8.68. The van der Waals surface area contributed by atoms with Crippen molar-refractivity contribution in [3.8, 4) is 0 Å². The number of ether oxygens (including phenoxy) is 2. The minimum absolute atomic E-state index is 0.485. The zero-order chi connectivity index (χ0) is 10.9. The van der Waals surface area contributed by atoms with E-state index < -0.39 is 0 Å². The highest BCUT2D eigenvalue weighted by Gasteiger charge is 1.97. The average molecular weight is 210 g/mol. The van der Waals surface area contributed by atoms with Gasteiger partial charge in [-0.3, -0.25) is 4.79 Å². The third-order valence-corrected chi connectivity index (χ3v) is 1.76. The van der Waals surface area contributed by atoms with Crippen LogP contribution in [0, 0.1) is 0 Å². The van der Waals surface area contributed by atoms with Crippen molar-refractivity contribution >= 4 is 6.29 Å². The van der Waals surface area contributed by atoms with Crippen molar-refractivity contribution in [3.63, 3.8) is 0 Å². The Hall–Kier alpha value is -1.33. The van der Waals surface area contributed by atoms with Crippen molar-refractivity contribution in [1.29, 1.82) is 0 Å². The van der Waals surface area contributed by atoms with Gasteiger partial charge in [0.1, 0.15) is 5.82 Å². The molecule has 0 aliphatic heterocycles. The SMILES string of the molecule is COCCOCCc1ncc(C=O)cn1. The minimum Gasteiger partial charge on any atom is -0.382 e. The van der Waals surface area contributed by atoms with Crippen LogP contribution >= 0.6 is 0 Å².